The van der Waals surface area contributed by atoms with Gasteiger partial charge in [0.2, 0.25) is 0 Å². The fraction of sp³-hybridized carbons (Fsp3) is 0.625. The van der Waals surface area contributed by atoms with Crippen LogP contribution in [-0.2, 0) is 6.42 Å². The first-order chi connectivity index (χ1) is 8.83. The molecule has 0 atom stereocenters. The number of aryl methyl sites for hydroxylation is 1. The van der Waals surface area contributed by atoms with Crippen LogP contribution in [0.1, 0.15) is 37.7 Å². The molecule has 102 valence electrons. The van der Waals surface area contributed by atoms with E-state index in [0.29, 0.717) is 0 Å². The SMILES string of the molecule is CN(CCCCCBr)CCCCc1ccccc1. The Labute approximate surface area is 121 Å². The Kier molecular flexibility index (Phi) is 9.23. The number of halogens is 1. The molecular formula is C16H26BrN. The highest BCUT2D eigenvalue weighted by Gasteiger charge is 1.98. The second-order valence-electron chi connectivity index (χ2n) is 5.00. The van der Waals surface area contributed by atoms with Gasteiger partial charge in [0, 0.05) is 5.33 Å². The third kappa shape index (κ3) is 7.88. The van der Waals surface area contributed by atoms with E-state index in [1.165, 1.54) is 57.2 Å². The first-order valence-corrected chi connectivity index (χ1v) is 8.23. The van der Waals surface area contributed by atoms with E-state index in [2.05, 4.69) is 58.2 Å². The zero-order chi connectivity index (χ0) is 13.1. The van der Waals surface area contributed by atoms with Crippen molar-refractivity contribution < 1.29 is 0 Å². The van der Waals surface area contributed by atoms with E-state index in [0.717, 1.165) is 5.33 Å². The second kappa shape index (κ2) is 10.6. The number of nitrogens with zero attached hydrogens (tertiary/aromatic N) is 1. The van der Waals surface area contributed by atoms with E-state index in [4.69, 9.17) is 0 Å². The number of alkyl halides is 1. The van der Waals surface area contributed by atoms with Gasteiger partial charge in [0.05, 0.1) is 0 Å². The summed E-state index contributed by atoms with van der Waals surface area (Å²) < 4.78 is 0. The molecule has 0 bridgehead atoms. The molecule has 1 nitrogen and oxygen atoms in total. The lowest BCUT2D eigenvalue weighted by Gasteiger charge is -2.16. The molecule has 0 N–H and O–H groups in total. The number of unbranched alkanes of at least 4 members (excludes halogenated alkanes) is 3. The van der Waals surface area contributed by atoms with Crippen molar-refractivity contribution in [3.05, 3.63) is 35.9 Å². The van der Waals surface area contributed by atoms with Gasteiger partial charge in [0.25, 0.3) is 0 Å². The summed E-state index contributed by atoms with van der Waals surface area (Å²) in [6.45, 7) is 2.49. The highest BCUT2D eigenvalue weighted by molar-refractivity contribution is 9.09. The van der Waals surface area contributed by atoms with Crippen LogP contribution in [0.25, 0.3) is 0 Å². The van der Waals surface area contributed by atoms with Crippen LogP contribution in [0.4, 0.5) is 0 Å². The van der Waals surface area contributed by atoms with Crippen LogP contribution in [0.5, 0.6) is 0 Å². The third-order valence-corrected chi connectivity index (χ3v) is 3.83. The van der Waals surface area contributed by atoms with Gasteiger partial charge < -0.3 is 4.90 Å². The topological polar surface area (TPSA) is 3.24 Å². The van der Waals surface area contributed by atoms with Gasteiger partial charge in [0.15, 0.2) is 0 Å². The first-order valence-electron chi connectivity index (χ1n) is 7.11. The maximum Gasteiger partial charge on any atom is 0.00313 e. The minimum atomic E-state index is 1.15. The molecule has 0 aliphatic rings. The zero-order valence-electron chi connectivity index (χ0n) is 11.6. The Morgan fingerprint density at radius 3 is 2.22 bits per heavy atom. The smallest absolute Gasteiger partial charge is 0.00313 e. The first kappa shape index (κ1) is 15.7. The summed E-state index contributed by atoms with van der Waals surface area (Å²) in [6.07, 6.45) is 7.82. The average molecular weight is 312 g/mol. The summed E-state index contributed by atoms with van der Waals surface area (Å²) in [4.78, 5) is 2.47. The number of hydrogen-bond acceptors (Lipinski definition) is 1. The van der Waals surface area contributed by atoms with Crippen LogP contribution in [-0.4, -0.2) is 30.4 Å². The Hall–Kier alpha value is -0.340. The predicted molar refractivity (Wildman–Crippen MR) is 84.5 cm³/mol. The van der Waals surface area contributed by atoms with Gasteiger partial charge in [-0.15, -0.1) is 0 Å². The summed E-state index contributed by atoms with van der Waals surface area (Å²) in [7, 11) is 2.25. The molecule has 0 spiro atoms. The standard InChI is InChI=1S/C16H26BrN/c1-18(14-8-3-7-13-17)15-9-6-12-16-10-4-2-5-11-16/h2,4-5,10-11H,3,6-9,12-15H2,1H3. The number of rotatable bonds is 10. The molecule has 1 rings (SSSR count). The van der Waals surface area contributed by atoms with Crippen molar-refractivity contribution in [2.45, 2.75) is 38.5 Å². The van der Waals surface area contributed by atoms with Gasteiger partial charge >= 0.3 is 0 Å². The Morgan fingerprint density at radius 1 is 0.889 bits per heavy atom. The monoisotopic (exact) mass is 311 g/mol. The molecule has 18 heavy (non-hydrogen) atoms. The predicted octanol–water partition coefficient (Wildman–Crippen LogP) is 4.51. The molecule has 1 aromatic rings. The Morgan fingerprint density at radius 2 is 1.56 bits per heavy atom. The molecule has 0 aromatic heterocycles. The summed E-state index contributed by atoms with van der Waals surface area (Å²) in [5.74, 6) is 0. The normalized spacial score (nSPS) is 11.1. The van der Waals surface area contributed by atoms with Crippen LogP contribution < -0.4 is 0 Å². The second-order valence-corrected chi connectivity index (χ2v) is 5.79. The lowest BCUT2D eigenvalue weighted by Crippen LogP contribution is -2.21. The minimum Gasteiger partial charge on any atom is -0.306 e. The highest BCUT2D eigenvalue weighted by atomic mass is 79.9. The molecule has 0 heterocycles. The van der Waals surface area contributed by atoms with Gasteiger partial charge in [0.1, 0.15) is 0 Å². The van der Waals surface area contributed by atoms with E-state index >= 15 is 0 Å². The van der Waals surface area contributed by atoms with Gasteiger partial charge in [-0.05, 0) is 57.8 Å². The van der Waals surface area contributed by atoms with Crippen molar-refractivity contribution in [3.63, 3.8) is 0 Å². The van der Waals surface area contributed by atoms with Gasteiger partial charge in [-0.25, -0.2) is 0 Å². The van der Waals surface area contributed by atoms with Crippen LogP contribution in [0.2, 0.25) is 0 Å². The molecule has 1 aromatic carbocycles. The zero-order valence-corrected chi connectivity index (χ0v) is 13.2. The fourth-order valence-electron chi connectivity index (χ4n) is 2.12. The maximum atomic E-state index is 3.48. The molecule has 0 radical (unpaired) electrons. The van der Waals surface area contributed by atoms with Crippen LogP contribution in [0.3, 0.4) is 0 Å². The van der Waals surface area contributed by atoms with E-state index in [1.807, 2.05) is 0 Å². The largest absolute Gasteiger partial charge is 0.306 e. The molecular weight excluding hydrogens is 286 g/mol. The van der Waals surface area contributed by atoms with Crippen molar-refractivity contribution in [1.29, 1.82) is 0 Å². The molecule has 2 heteroatoms. The lowest BCUT2D eigenvalue weighted by molar-refractivity contribution is 0.318. The third-order valence-electron chi connectivity index (χ3n) is 3.27. The van der Waals surface area contributed by atoms with E-state index in [1.54, 1.807) is 0 Å². The summed E-state index contributed by atoms with van der Waals surface area (Å²) in [5, 5.41) is 1.15. The summed E-state index contributed by atoms with van der Waals surface area (Å²) >= 11 is 3.48. The molecule has 0 amide bonds. The summed E-state index contributed by atoms with van der Waals surface area (Å²) in [6, 6.07) is 10.8. The molecule has 0 aliphatic heterocycles. The van der Waals surface area contributed by atoms with Crippen LogP contribution in [0.15, 0.2) is 30.3 Å². The average Bonchev–Trinajstić information content (AvgIpc) is 2.41. The van der Waals surface area contributed by atoms with Gasteiger partial charge in [-0.3, -0.25) is 0 Å². The van der Waals surface area contributed by atoms with Crippen molar-refractivity contribution in [3.8, 4) is 0 Å². The molecule has 0 saturated carbocycles. The summed E-state index contributed by atoms with van der Waals surface area (Å²) in [5.41, 5.74) is 1.47. The van der Waals surface area contributed by atoms with Crippen molar-refractivity contribution in [2.24, 2.45) is 0 Å². The number of hydrogen-bond donors (Lipinski definition) is 0. The van der Waals surface area contributed by atoms with Crippen LogP contribution in [0, 0.1) is 0 Å². The van der Waals surface area contributed by atoms with E-state index in [9.17, 15) is 0 Å². The maximum absolute atomic E-state index is 3.48. The van der Waals surface area contributed by atoms with E-state index < -0.39 is 0 Å². The van der Waals surface area contributed by atoms with Crippen molar-refractivity contribution in [2.75, 3.05) is 25.5 Å². The fourth-order valence-corrected chi connectivity index (χ4v) is 2.52. The molecule has 0 fully saturated rings. The van der Waals surface area contributed by atoms with Gasteiger partial charge in [-0.1, -0.05) is 52.7 Å². The lowest BCUT2D eigenvalue weighted by atomic mass is 10.1. The Balaban J connectivity index is 1.97. The van der Waals surface area contributed by atoms with Gasteiger partial charge in [-0.2, -0.15) is 0 Å². The molecule has 0 unspecified atom stereocenters. The van der Waals surface area contributed by atoms with Crippen molar-refractivity contribution >= 4 is 15.9 Å². The molecule has 0 aliphatic carbocycles. The highest BCUT2D eigenvalue weighted by Crippen LogP contribution is 2.06. The van der Waals surface area contributed by atoms with Crippen molar-refractivity contribution in [1.82, 2.24) is 4.90 Å². The molecule has 0 saturated heterocycles. The quantitative estimate of drug-likeness (QED) is 0.454. The van der Waals surface area contributed by atoms with E-state index in [-0.39, 0.29) is 0 Å². The number of benzene rings is 1. The Bertz CT molecular complexity index is 286. The van der Waals surface area contributed by atoms with Crippen LogP contribution >= 0.6 is 15.9 Å². The minimum absolute atomic E-state index is 1.15.